The van der Waals surface area contributed by atoms with Crippen LogP contribution in [0.1, 0.15) is 10.4 Å². The van der Waals surface area contributed by atoms with E-state index in [1.165, 1.54) is 12.1 Å². The number of carbonyl (C=O) groups excluding carboxylic acids is 1. The number of fused-ring (bicyclic) bond motifs is 1. The van der Waals surface area contributed by atoms with Gasteiger partial charge in [0.05, 0.1) is 22.4 Å². The number of hydrogen-bond donors (Lipinski definition) is 1. The molecule has 8 heteroatoms. The molecule has 2 aromatic rings. The Hall–Kier alpha value is -2.74. The standard InChI is InChI=1S/C16H17N5O3/c22-16(19-8-11-5-17-6-12(11)9-19)13-7-18-20(10-13)14-1-3-15(4-2-14)21(23)24/h1-4,7,10-12,17H,5-6,8-9H2/t11-,12+. The second-order valence-electron chi connectivity index (χ2n) is 6.34. The van der Waals surface area contributed by atoms with Crippen molar-refractivity contribution in [2.24, 2.45) is 11.8 Å². The first-order valence-corrected chi connectivity index (χ1v) is 7.91. The highest BCUT2D eigenvalue weighted by molar-refractivity contribution is 5.94. The molecule has 1 aromatic heterocycles. The maximum Gasteiger partial charge on any atom is 0.269 e. The predicted molar refractivity (Wildman–Crippen MR) is 86.0 cm³/mol. The van der Waals surface area contributed by atoms with Crippen molar-refractivity contribution in [1.82, 2.24) is 20.0 Å². The second kappa shape index (κ2) is 5.72. The molecule has 0 spiro atoms. The van der Waals surface area contributed by atoms with Gasteiger partial charge in [-0.05, 0) is 24.0 Å². The van der Waals surface area contributed by atoms with Gasteiger partial charge in [-0.1, -0.05) is 0 Å². The number of hydrogen-bond acceptors (Lipinski definition) is 5. The van der Waals surface area contributed by atoms with E-state index in [2.05, 4.69) is 10.4 Å². The lowest BCUT2D eigenvalue weighted by Gasteiger charge is -2.16. The van der Waals surface area contributed by atoms with Crippen LogP contribution in [0.3, 0.4) is 0 Å². The fraction of sp³-hybridized carbons (Fsp3) is 0.375. The van der Waals surface area contributed by atoms with Crippen LogP contribution in [0.15, 0.2) is 36.7 Å². The van der Waals surface area contributed by atoms with Gasteiger partial charge in [0.15, 0.2) is 0 Å². The van der Waals surface area contributed by atoms with Gasteiger partial charge in [-0.25, -0.2) is 4.68 Å². The molecule has 0 radical (unpaired) electrons. The van der Waals surface area contributed by atoms with Gasteiger partial charge in [0.1, 0.15) is 0 Å². The number of nitrogens with one attached hydrogen (secondary N) is 1. The molecule has 124 valence electrons. The van der Waals surface area contributed by atoms with E-state index in [1.807, 2.05) is 4.90 Å². The minimum Gasteiger partial charge on any atom is -0.338 e. The van der Waals surface area contributed by atoms with Crippen molar-refractivity contribution in [3.05, 3.63) is 52.3 Å². The molecule has 0 unspecified atom stereocenters. The van der Waals surface area contributed by atoms with Crippen molar-refractivity contribution in [3.63, 3.8) is 0 Å². The molecule has 1 amide bonds. The van der Waals surface area contributed by atoms with Crippen molar-refractivity contribution in [1.29, 1.82) is 0 Å². The average Bonchev–Trinajstić information content (AvgIpc) is 3.29. The summed E-state index contributed by atoms with van der Waals surface area (Å²) < 4.78 is 1.56. The second-order valence-corrected chi connectivity index (χ2v) is 6.34. The minimum absolute atomic E-state index is 0.00226. The third kappa shape index (κ3) is 2.54. The van der Waals surface area contributed by atoms with Crippen molar-refractivity contribution >= 4 is 11.6 Å². The molecule has 24 heavy (non-hydrogen) atoms. The summed E-state index contributed by atoms with van der Waals surface area (Å²) in [5.41, 5.74) is 1.25. The van der Waals surface area contributed by atoms with Gasteiger partial charge >= 0.3 is 0 Å². The smallest absolute Gasteiger partial charge is 0.269 e. The fourth-order valence-electron chi connectivity index (χ4n) is 3.51. The molecule has 1 aromatic carbocycles. The van der Waals surface area contributed by atoms with E-state index in [0.717, 1.165) is 26.2 Å². The normalized spacial score (nSPS) is 22.6. The van der Waals surface area contributed by atoms with Crippen LogP contribution in [0.5, 0.6) is 0 Å². The summed E-state index contributed by atoms with van der Waals surface area (Å²) in [7, 11) is 0. The van der Waals surface area contributed by atoms with Crippen LogP contribution in [-0.2, 0) is 0 Å². The summed E-state index contributed by atoms with van der Waals surface area (Å²) in [6.07, 6.45) is 3.23. The Morgan fingerprint density at radius 3 is 2.50 bits per heavy atom. The first kappa shape index (κ1) is 14.8. The van der Waals surface area contributed by atoms with Crippen molar-refractivity contribution in [3.8, 4) is 5.69 Å². The zero-order chi connectivity index (χ0) is 16.7. The largest absolute Gasteiger partial charge is 0.338 e. The van der Waals surface area contributed by atoms with Crippen LogP contribution < -0.4 is 5.32 Å². The summed E-state index contributed by atoms with van der Waals surface area (Å²) in [6, 6.07) is 6.08. The third-order valence-corrected chi connectivity index (χ3v) is 4.83. The summed E-state index contributed by atoms with van der Waals surface area (Å²) in [4.78, 5) is 24.8. The molecule has 2 fully saturated rings. The zero-order valence-electron chi connectivity index (χ0n) is 13.0. The number of amides is 1. The molecule has 2 atom stereocenters. The lowest BCUT2D eigenvalue weighted by atomic mass is 10.0. The van der Waals surface area contributed by atoms with E-state index in [1.54, 1.807) is 29.2 Å². The van der Waals surface area contributed by atoms with E-state index >= 15 is 0 Å². The number of rotatable bonds is 3. The SMILES string of the molecule is O=C(c1cnn(-c2ccc([N+](=O)[O-])cc2)c1)N1C[C@H]2CNC[C@H]2C1. The monoisotopic (exact) mass is 327 g/mol. The molecule has 3 heterocycles. The maximum atomic E-state index is 12.6. The first-order chi connectivity index (χ1) is 11.6. The number of non-ortho nitro benzene ring substituents is 1. The van der Waals surface area contributed by atoms with E-state index < -0.39 is 4.92 Å². The van der Waals surface area contributed by atoms with Crippen molar-refractivity contribution in [2.45, 2.75) is 0 Å². The number of nitrogens with zero attached hydrogens (tertiary/aromatic N) is 4. The zero-order valence-corrected chi connectivity index (χ0v) is 13.0. The van der Waals surface area contributed by atoms with Crippen molar-refractivity contribution < 1.29 is 9.72 Å². The topological polar surface area (TPSA) is 93.3 Å². The number of nitro groups is 1. The lowest BCUT2D eigenvalue weighted by Crippen LogP contribution is -2.31. The summed E-state index contributed by atoms with van der Waals surface area (Å²) in [5, 5.41) is 18.3. The number of benzene rings is 1. The van der Waals surface area contributed by atoms with Gasteiger partial charge in [0, 0.05) is 44.5 Å². The average molecular weight is 327 g/mol. The molecular formula is C16H17N5O3. The van der Waals surface area contributed by atoms with Crippen molar-refractivity contribution in [2.75, 3.05) is 26.2 Å². The van der Waals surface area contributed by atoms with E-state index in [-0.39, 0.29) is 11.6 Å². The van der Waals surface area contributed by atoms with E-state index in [9.17, 15) is 14.9 Å². The van der Waals surface area contributed by atoms with Crippen LogP contribution in [-0.4, -0.2) is 51.7 Å². The summed E-state index contributed by atoms with van der Waals surface area (Å²) >= 11 is 0. The Morgan fingerprint density at radius 1 is 1.21 bits per heavy atom. The molecule has 2 aliphatic rings. The van der Waals surface area contributed by atoms with Gasteiger partial charge in [-0.3, -0.25) is 14.9 Å². The minimum atomic E-state index is -0.444. The third-order valence-electron chi connectivity index (χ3n) is 4.83. The molecule has 0 saturated carbocycles. The molecule has 0 aliphatic carbocycles. The highest BCUT2D eigenvalue weighted by Crippen LogP contribution is 2.27. The van der Waals surface area contributed by atoms with Gasteiger partial charge in [0.25, 0.3) is 11.6 Å². The van der Waals surface area contributed by atoms with Crippen LogP contribution in [0.4, 0.5) is 5.69 Å². The molecule has 1 N–H and O–H groups in total. The Labute approximate surface area is 138 Å². The number of carbonyl (C=O) groups is 1. The first-order valence-electron chi connectivity index (χ1n) is 7.91. The molecule has 8 nitrogen and oxygen atoms in total. The van der Waals surface area contributed by atoms with Gasteiger partial charge in [0.2, 0.25) is 0 Å². The molecule has 2 aliphatic heterocycles. The highest BCUT2D eigenvalue weighted by Gasteiger charge is 2.38. The Morgan fingerprint density at radius 2 is 1.88 bits per heavy atom. The van der Waals surface area contributed by atoms with E-state index in [4.69, 9.17) is 0 Å². The fourth-order valence-corrected chi connectivity index (χ4v) is 3.51. The molecule has 0 bridgehead atoms. The van der Waals surface area contributed by atoms with Gasteiger partial charge in [-0.15, -0.1) is 0 Å². The molecule has 2 saturated heterocycles. The Kier molecular flexibility index (Phi) is 3.53. The molecular weight excluding hydrogens is 310 g/mol. The number of likely N-dealkylation sites (tertiary alicyclic amines) is 1. The quantitative estimate of drug-likeness (QED) is 0.672. The highest BCUT2D eigenvalue weighted by atomic mass is 16.6. The van der Waals surface area contributed by atoms with Crippen LogP contribution >= 0.6 is 0 Å². The van der Waals surface area contributed by atoms with E-state index in [0.29, 0.717) is 23.1 Å². The van der Waals surface area contributed by atoms with Crippen LogP contribution in [0.2, 0.25) is 0 Å². The van der Waals surface area contributed by atoms with Gasteiger partial charge < -0.3 is 10.2 Å². The Bertz CT molecular complexity index is 773. The lowest BCUT2D eigenvalue weighted by molar-refractivity contribution is -0.384. The van der Waals surface area contributed by atoms with Crippen LogP contribution in [0.25, 0.3) is 5.69 Å². The number of nitro benzene ring substituents is 1. The Balaban J connectivity index is 1.50. The molecule has 4 rings (SSSR count). The summed E-state index contributed by atoms with van der Waals surface area (Å²) in [6.45, 7) is 3.55. The van der Waals surface area contributed by atoms with Gasteiger partial charge in [-0.2, -0.15) is 5.10 Å². The van der Waals surface area contributed by atoms with Crippen LogP contribution in [0, 0.1) is 22.0 Å². The summed E-state index contributed by atoms with van der Waals surface area (Å²) in [5.74, 6) is 1.11. The predicted octanol–water partition coefficient (Wildman–Crippen LogP) is 1.07. The number of aromatic nitrogens is 2. The maximum absolute atomic E-state index is 12.6.